The van der Waals surface area contributed by atoms with Crippen LogP contribution < -0.4 is 10.2 Å². The average Bonchev–Trinajstić information content (AvgIpc) is 3.00. The number of amides is 1. The molecule has 0 atom stereocenters. The number of nitrogens with one attached hydrogen (secondary N) is 2. The highest BCUT2D eigenvalue weighted by Crippen LogP contribution is 2.29. The lowest BCUT2D eigenvalue weighted by Crippen LogP contribution is -2.36. The number of aromatic amines is 1. The Morgan fingerprint density at radius 1 is 1.08 bits per heavy atom. The number of fused-ring (bicyclic) bond motifs is 1. The molecule has 1 fully saturated rings. The summed E-state index contributed by atoms with van der Waals surface area (Å²) >= 11 is 0. The lowest BCUT2D eigenvalue weighted by Gasteiger charge is -2.30. The summed E-state index contributed by atoms with van der Waals surface area (Å²) in [5, 5.41) is 4.08. The summed E-state index contributed by atoms with van der Waals surface area (Å²) in [5.41, 5.74) is 5.63. The second kappa shape index (κ2) is 6.84. The van der Waals surface area contributed by atoms with E-state index in [-0.39, 0.29) is 5.91 Å². The van der Waals surface area contributed by atoms with Crippen LogP contribution in [0.3, 0.4) is 0 Å². The molecule has 0 unspecified atom stereocenters. The van der Waals surface area contributed by atoms with Gasteiger partial charge in [-0.05, 0) is 31.5 Å². The van der Waals surface area contributed by atoms with Crippen LogP contribution in [0.5, 0.6) is 0 Å². The molecule has 1 aliphatic rings. The van der Waals surface area contributed by atoms with Crippen molar-refractivity contribution in [3.63, 3.8) is 0 Å². The Kier molecular flexibility index (Phi) is 4.39. The molecular formula is C21H23N3O2. The first kappa shape index (κ1) is 16.7. The van der Waals surface area contributed by atoms with E-state index < -0.39 is 0 Å². The molecule has 1 amide bonds. The molecule has 0 aliphatic carbocycles. The highest BCUT2D eigenvalue weighted by Gasteiger charge is 2.20. The molecule has 1 aliphatic heterocycles. The van der Waals surface area contributed by atoms with E-state index in [4.69, 9.17) is 4.74 Å². The van der Waals surface area contributed by atoms with Gasteiger partial charge in [0.15, 0.2) is 0 Å². The lowest BCUT2D eigenvalue weighted by molar-refractivity contribution is 0.102. The second-order valence-electron chi connectivity index (χ2n) is 6.69. The molecule has 2 aromatic carbocycles. The minimum absolute atomic E-state index is 0.0833. The topological polar surface area (TPSA) is 57.4 Å². The molecule has 5 heteroatoms. The molecular weight excluding hydrogens is 326 g/mol. The van der Waals surface area contributed by atoms with E-state index in [0.29, 0.717) is 18.8 Å². The number of carbonyl (C=O) groups excluding carboxylic acids is 1. The van der Waals surface area contributed by atoms with E-state index in [1.54, 1.807) is 0 Å². The predicted octanol–water partition coefficient (Wildman–Crippen LogP) is 3.87. The van der Waals surface area contributed by atoms with Gasteiger partial charge in [-0.3, -0.25) is 4.79 Å². The number of rotatable bonds is 3. The Balaban J connectivity index is 1.68. The van der Waals surface area contributed by atoms with Crippen LogP contribution in [0, 0.1) is 13.8 Å². The Morgan fingerprint density at radius 3 is 2.65 bits per heavy atom. The van der Waals surface area contributed by atoms with Crippen LogP contribution in [0.1, 0.15) is 21.6 Å². The number of anilines is 2. The second-order valence-corrected chi connectivity index (χ2v) is 6.69. The molecule has 134 valence electrons. The minimum Gasteiger partial charge on any atom is -0.378 e. The maximum Gasteiger partial charge on any atom is 0.258 e. The van der Waals surface area contributed by atoms with Gasteiger partial charge in [-0.2, -0.15) is 0 Å². The first-order valence-corrected chi connectivity index (χ1v) is 8.96. The zero-order chi connectivity index (χ0) is 18.1. The van der Waals surface area contributed by atoms with Gasteiger partial charge in [0.1, 0.15) is 0 Å². The van der Waals surface area contributed by atoms with Crippen molar-refractivity contribution < 1.29 is 9.53 Å². The Labute approximate surface area is 153 Å². The number of H-pyrrole nitrogens is 1. The monoisotopic (exact) mass is 349 g/mol. The molecule has 0 radical (unpaired) electrons. The van der Waals surface area contributed by atoms with Crippen LogP contribution in [-0.2, 0) is 4.74 Å². The van der Waals surface area contributed by atoms with E-state index >= 15 is 0 Å². The van der Waals surface area contributed by atoms with Crippen LogP contribution in [0.2, 0.25) is 0 Å². The number of aromatic nitrogens is 1. The highest BCUT2D eigenvalue weighted by atomic mass is 16.5. The third-order valence-corrected chi connectivity index (χ3v) is 4.96. The van der Waals surface area contributed by atoms with Crippen molar-refractivity contribution in [3.8, 4) is 0 Å². The molecule has 2 N–H and O–H groups in total. The number of ether oxygens (including phenoxy) is 1. The maximum absolute atomic E-state index is 13.1. The normalized spacial score (nSPS) is 14.6. The van der Waals surface area contributed by atoms with Crippen LogP contribution >= 0.6 is 0 Å². The Bertz CT molecular complexity index is 955. The van der Waals surface area contributed by atoms with Crippen molar-refractivity contribution in [3.05, 3.63) is 59.3 Å². The fraction of sp³-hybridized carbons (Fsp3) is 0.286. The van der Waals surface area contributed by atoms with Gasteiger partial charge in [0, 0.05) is 29.7 Å². The van der Waals surface area contributed by atoms with Gasteiger partial charge in [-0.1, -0.05) is 30.3 Å². The number of para-hydroxylation sites is 3. The Morgan fingerprint density at radius 2 is 1.85 bits per heavy atom. The van der Waals surface area contributed by atoms with Crippen molar-refractivity contribution >= 4 is 28.2 Å². The number of hydrogen-bond acceptors (Lipinski definition) is 3. The van der Waals surface area contributed by atoms with Gasteiger partial charge in [0.2, 0.25) is 0 Å². The summed E-state index contributed by atoms with van der Waals surface area (Å²) in [4.78, 5) is 18.7. The average molecular weight is 349 g/mol. The molecule has 26 heavy (non-hydrogen) atoms. The molecule has 1 saturated heterocycles. The number of morpholine rings is 1. The Hall–Kier alpha value is -2.79. The summed E-state index contributed by atoms with van der Waals surface area (Å²) in [7, 11) is 0. The van der Waals surface area contributed by atoms with Crippen LogP contribution in [0.4, 0.5) is 11.4 Å². The third-order valence-electron chi connectivity index (χ3n) is 4.96. The van der Waals surface area contributed by atoms with Crippen molar-refractivity contribution in [1.82, 2.24) is 4.98 Å². The summed E-state index contributed by atoms with van der Waals surface area (Å²) < 4.78 is 5.44. The summed E-state index contributed by atoms with van der Waals surface area (Å²) in [6, 6.07) is 14.0. The van der Waals surface area contributed by atoms with Crippen LogP contribution in [0.15, 0.2) is 42.5 Å². The smallest absolute Gasteiger partial charge is 0.258 e. The number of hydrogen-bond donors (Lipinski definition) is 2. The van der Waals surface area contributed by atoms with Gasteiger partial charge in [0.25, 0.3) is 5.91 Å². The van der Waals surface area contributed by atoms with Crippen molar-refractivity contribution in [2.45, 2.75) is 13.8 Å². The standard InChI is InChI=1S/C21H23N3O2/c1-14-6-5-7-16-19(15(2)22-20(14)16)21(25)23-17-8-3-4-9-18(17)24-10-12-26-13-11-24/h3-9,22H,10-13H2,1-2H3,(H,23,25). The minimum atomic E-state index is -0.0833. The number of carbonyl (C=O) groups is 1. The van der Waals surface area contributed by atoms with Gasteiger partial charge < -0.3 is 19.9 Å². The van der Waals surface area contributed by atoms with Crippen LogP contribution in [-0.4, -0.2) is 37.2 Å². The molecule has 4 rings (SSSR count). The molecule has 5 nitrogen and oxygen atoms in total. The first-order valence-electron chi connectivity index (χ1n) is 8.96. The lowest BCUT2D eigenvalue weighted by atomic mass is 10.1. The molecule has 2 heterocycles. The third kappa shape index (κ3) is 2.95. The number of nitrogens with zero attached hydrogens (tertiary/aromatic N) is 1. The van der Waals surface area contributed by atoms with E-state index in [2.05, 4.69) is 15.2 Å². The fourth-order valence-corrected chi connectivity index (χ4v) is 3.63. The van der Waals surface area contributed by atoms with Crippen molar-refractivity contribution in [1.29, 1.82) is 0 Å². The van der Waals surface area contributed by atoms with Crippen LogP contribution in [0.25, 0.3) is 10.9 Å². The summed E-state index contributed by atoms with van der Waals surface area (Å²) in [6.07, 6.45) is 0. The van der Waals surface area contributed by atoms with Gasteiger partial charge in [-0.15, -0.1) is 0 Å². The fourth-order valence-electron chi connectivity index (χ4n) is 3.63. The highest BCUT2D eigenvalue weighted by molar-refractivity contribution is 6.15. The number of benzene rings is 2. The van der Waals surface area contributed by atoms with Gasteiger partial charge >= 0.3 is 0 Å². The summed E-state index contributed by atoms with van der Waals surface area (Å²) in [6.45, 7) is 7.08. The van der Waals surface area contributed by atoms with Gasteiger partial charge in [-0.25, -0.2) is 0 Å². The molecule has 1 aromatic heterocycles. The first-order chi connectivity index (χ1) is 12.6. The van der Waals surface area contributed by atoms with Gasteiger partial charge in [0.05, 0.1) is 30.2 Å². The zero-order valence-corrected chi connectivity index (χ0v) is 15.1. The van der Waals surface area contributed by atoms with E-state index in [1.165, 1.54) is 0 Å². The van der Waals surface area contributed by atoms with E-state index in [9.17, 15) is 4.79 Å². The quantitative estimate of drug-likeness (QED) is 0.755. The zero-order valence-electron chi connectivity index (χ0n) is 15.1. The SMILES string of the molecule is Cc1[nH]c2c(C)cccc2c1C(=O)Nc1ccccc1N1CCOCC1. The molecule has 0 saturated carbocycles. The van der Waals surface area contributed by atoms with E-state index in [0.717, 1.165) is 46.6 Å². The molecule has 0 bridgehead atoms. The molecule has 3 aromatic rings. The molecule has 0 spiro atoms. The largest absolute Gasteiger partial charge is 0.378 e. The predicted molar refractivity (Wildman–Crippen MR) is 105 cm³/mol. The van der Waals surface area contributed by atoms with E-state index in [1.807, 2.05) is 56.3 Å². The maximum atomic E-state index is 13.1. The number of aryl methyl sites for hydroxylation is 2. The summed E-state index contributed by atoms with van der Waals surface area (Å²) in [5.74, 6) is -0.0833. The van der Waals surface area contributed by atoms with Crippen molar-refractivity contribution in [2.75, 3.05) is 36.5 Å². The van der Waals surface area contributed by atoms with Crippen molar-refractivity contribution in [2.24, 2.45) is 0 Å².